The molecular weight excluding hydrogens is 292 g/mol. The molecule has 0 radical (unpaired) electrons. The van der Waals surface area contributed by atoms with Crippen LogP contribution in [0.2, 0.25) is 5.02 Å². The fraction of sp³-hybridized carbons (Fsp3) is 0. The second-order valence-corrected chi connectivity index (χ2v) is 6.21. The first-order chi connectivity index (χ1) is 8.53. The lowest BCUT2D eigenvalue weighted by Crippen LogP contribution is -2.12. The maximum atomic E-state index is 12.0. The van der Waals surface area contributed by atoms with Crippen LogP contribution in [0.25, 0.3) is 0 Å². The molecule has 7 heteroatoms. The zero-order valence-electron chi connectivity index (χ0n) is 8.92. The van der Waals surface area contributed by atoms with Crippen LogP contribution >= 0.6 is 22.9 Å². The third-order valence-corrected chi connectivity index (χ3v) is 4.67. The van der Waals surface area contributed by atoms with Gasteiger partial charge < -0.3 is 0 Å². The van der Waals surface area contributed by atoms with Gasteiger partial charge in [0, 0.05) is 5.38 Å². The molecule has 1 N–H and O–H groups in total. The molecule has 0 aliphatic rings. The number of benzene rings is 1. The van der Waals surface area contributed by atoms with Crippen molar-refractivity contribution >= 4 is 38.6 Å². The maximum absolute atomic E-state index is 12.0. The molecule has 2 aromatic rings. The van der Waals surface area contributed by atoms with E-state index in [4.69, 9.17) is 16.9 Å². The lowest BCUT2D eigenvalue weighted by Gasteiger charge is -2.07. The molecule has 0 saturated heterocycles. The summed E-state index contributed by atoms with van der Waals surface area (Å²) in [6.07, 6.45) is 0. The van der Waals surface area contributed by atoms with Crippen LogP contribution in [0.1, 0.15) is 5.56 Å². The number of nitrogens with one attached hydrogen (secondary N) is 1. The minimum Gasteiger partial charge on any atom is -0.279 e. The summed E-state index contributed by atoms with van der Waals surface area (Å²) in [6, 6.07) is 7.60. The molecule has 92 valence electrons. The molecule has 1 aromatic carbocycles. The molecule has 0 spiro atoms. The van der Waals surface area contributed by atoms with Crippen molar-refractivity contribution in [2.24, 2.45) is 0 Å². The lowest BCUT2D eigenvalue weighted by molar-refractivity contribution is 0.601. The van der Waals surface area contributed by atoms with Gasteiger partial charge in [0.1, 0.15) is 4.90 Å². The number of anilines is 1. The molecule has 0 amide bonds. The Bertz CT molecular complexity index is 703. The second-order valence-electron chi connectivity index (χ2n) is 3.37. The van der Waals surface area contributed by atoms with Gasteiger partial charge >= 0.3 is 0 Å². The molecule has 18 heavy (non-hydrogen) atoms. The van der Waals surface area contributed by atoms with E-state index in [-0.39, 0.29) is 9.92 Å². The monoisotopic (exact) mass is 298 g/mol. The number of sulfonamides is 1. The molecule has 0 atom stereocenters. The Kier molecular flexibility index (Phi) is 3.57. The topological polar surface area (TPSA) is 70.0 Å². The molecule has 0 bridgehead atoms. The number of nitriles is 1. The average Bonchev–Trinajstić information content (AvgIpc) is 2.80. The second kappa shape index (κ2) is 4.98. The quantitative estimate of drug-likeness (QED) is 0.946. The Morgan fingerprint density at radius 3 is 2.67 bits per heavy atom. The number of thiophene rings is 1. The van der Waals surface area contributed by atoms with E-state index < -0.39 is 10.0 Å². The smallest absolute Gasteiger partial charge is 0.263 e. The number of hydrogen-bond donors (Lipinski definition) is 1. The first-order valence-electron chi connectivity index (χ1n) is 4.77. The fourth-order valence-corrected chi connectivity index (χ4v) is 3.58. The van der Waals surface area contributed by atoms with Gasteiger partial charge in [0.25, 0.3) is 10.0 Å². The van der Waals surface area contributed by atoms with Crippen LogP contribution < -0.4 is 4.72 Å². The van der Waals surface area contributed by atoms with Crippen LogP contribution in [0.15, 0.2) is 39.9 Å². The summed E-state index contributed by atoms with van der Waals surface area (Å²) in [5.74, 6) is 0. The van der Waals surface area contributed by atoms with Gasteiger partial charge in [-0.15, -0.1) is 0 Å². The highest BCUT2D eigenvalue weighted by atomic mass is 35.5. The van der Waals surface area contributed by atoms with Crippen LogP contribution in [-0.4, -0.2) is 8.42 Å². The van der Waals surface area contributed by atoms with Crippen molar-refractivity contribution in [2.75, 3.05) is 4.72 Å². The Morgan fingerprint density at radius 1 is 1.33 bits per heavy atom. The highest BCUT2D eigenvalue weighted by Crippen LogP contribution is 2.25. The van der Waals surface area contributed by atoms with E-state index in [1.165, 1.54) is 29.5 Å². The summed E-state index contributed by atoms with van der Waals surface area (Å²) < 4.78 is 26.5. The Labute approximate surface area is 114 Å². The van der Waals surface area contributed by atoms with Gasteiger partial charge in [-0.25, -0.2) is 8.42 Å². The van der Waals surface area contributed by atoms with E-state index in [1.807, 2.05) is 6.07 Å². The van der Waals surface area contributed by atoms with Crippen molar-refractivity contribution in [3.63, 3.8) is 0 Å². The van der Waals surface area contributed by atoms with Gasteiger partial charge in [-0.2, -0.15) is 16.6 Å². The summed E-state index contributed by atoms with van der Waals surface area (Å²) in [4.78, 5) is -0.0469. The van der Waals surface area contributed by atoms with Crippen LogP contribution in [-0.2, 0) is 10.0 Å². The summed E-state index contributed by atoms with van der Waals surface area (Å²) in [6.45, 7) is 0. The Balaban J connectivity index is 2.39. The van der Waals surface area contributed by atoms with Crippen LogP contribution in [0.4, 0.5) is 5.69 Å². The van der Waals surface area contributed by atoms with E-state index in [0.29, 0.717) is 11.3 Å². The number of nitrogens with zero attached hydrogens (tertiary/aromatic N) is 1. The normalized spacial score (nSPS) is 10.9. The molecule has 0 fully saturated rings. The number of halogens is 1. The predicted octanol–water partition coefficient (Wildman–Crippen LogP) is 3.07. The fourth-order valence-electron chi connectivity index (χ4n) is 1.32. The molecule has 1 heterocycles. The molecule has 1 aromatic heterocycles. The summed E-state index contributed by atoms with van der Waals surface area (Å²) in [7, 11) is -3.72. The standard InChI is InChI=1S/C11H7ClN2O2S2/c12-10-5-8(6-13)1-2-11(10)18(15,16)14-9-3-4-17-7-9/h1-5,7,14H. The number of rotatable bonds is 3. The predicted molar refractivity (Wildman–Crippen MR) is 71.3 cm³/mol. The minimum absolute atomic E-state index is 0.0248. The summed E-state index contributed by atoms with van der Waals surface area (Å²) in [5, 5.41) is 12.2. The third-order valence-electron chi connectivity index (χ3n) is 2.12. The molecule has 0 saturated carbocycles. The summed E-state index contributed by atoms with van der Waals surface area (Å²) in [5.41, 5.74) is 0.801. The van der Waals surface area contributed by atoms with Gasteiger partial charge in [0.15, 0.2) is 0 Å². The zero-order chi connectivity index (χ0) is 13.2. The van der Waals surface area contributed by atoms with E-state index in [9.17, 15) is 8.42 Å². The molecule has 2 rings (SSSR count). The highest BCUT2D eigenvalue weighted by Gasteiger charge is 2.18. The maximum Gasteiger partial charge on any atom is 0.263 e. The lowest BCUT2D eigenvalue weighted by atomic mass is 10.2. The molecule has 0 unspecified atom stereocenters. The van der Waals surface area contributed by atoms with Gasteiger partial charge in [-0.05, 0) is 29.6 Å². The van der Waals surface area contributed by atoms with E-state index >= 15 is 0 Å². The highest BCUT2D eigenvalue weighted by molar-refractivity contribution is 7.92. The van der Waals surface area contributed by atoms with E-state index in [1.54, 1.807) is 16.8 Å². The minimum atomic E-state index is -3.72. The number of hydrogen-bond acceptors (Lipinski definition) is 4. The molecule has 0 aliphatic heterocycles. The summed E-state index contributed by atoms with van der Waals surface area (Å²) >= 11 is 7.25. The van der Waals surface area contributed by atoms with Crippen molar-refractivity contribution in [1.82, 2.24) is 0 Å². The van der Waals surface area contributed by atoms with Gasteiger partial charge in [0.05, 0.1) is 22.3 Å². The molecular formula is C11H7ClN2O2S2. The molecule has 0 aliphatic carbocycles. The van der Waals surface area contributed by atoms with Crippen molar-refractivity contribution < 1.29 is 8.42 Å². The van der Waals surface area contributed by atoms with Crippen LogP contribution in [0.5, 0.6) is 0 Å². The van der Waals surface area contributed by atoms with Gasteiger partial charge in [-0.1, -0.05) is 11.6 Å². The Hall–Kier alpha value is -1.55. The average molecular weight is 299 g/mol. The van der Waals surface area contributed by atoms with Gasteiger partial charge in [-0.3, -0.25) is 4.72 Å². The van der Waals surface area contributed by atoms with Crippen molar-refractivity contribution in [3.8, 4) is 6.07 Å². The van der Waals surface area contributed by atoms with E-state index in [0.717, 1.165) is 0 Å². The van der Waals surface area contributed by atoms with Crippen LogP contribution in [0.3, 0.4) is 0 Å². The van der Waals surface area contributed by atoms with Crippen molar-refractivity contribution in [1.29, 1.82) is 5.26 Å². The SMILES string of the molecule is N#Cc1ccc(S(=O)(=O)Nc2ccsc2)c(Cl)c1. The molecule has 4 nitrogen and oxygen atoms in total. The third kappa shape index (κ3) is 2.64. The van der Waals surface area contributed by atoms with Crippen molar-refractivity contribution in [3.05, 3.63) is 45.6 Å². The first-order valence-corrected chi connectivity index (χ1v) is 7.58. The van der Waals surface area contributed by atoms with Gasteiger partial charge in [0.2, 0.25) is 0 Å². The Morgan fingerprint density at radius 2 is 2.11 bits per heavy atom. The largest absolute Gasteiger partial charge is 0.279 e. The van der Waals surface area contributed by atoms with Crippen molar-refractivity contribution in [2.45, 2.75) is 4.90 Å². The zero-order valence-corrected chi connectivity index (χ0v) is 11.3. The van der Waals surface area contributed by atoms with E-state index in [2.05, 4.69) is 4.72 Å². The first kappa shape index (κ1) is 12.9. The van der Waals surface area contributed by atoms with Crippen LogP contribution in [0, 0.1) is 11.3 Å².